The molecule has 1 aliphatic rings. The average molecular weight is 698 g/mol. The maximum absolute atomic E-state index is 14.0. The van der Waals surface area contributed by atoms with Crippen LogP contribution in [0, 0.1) is 0 Å². The fourth-order valence-corrected chi connectivity index (χ4v) is 6.43. The largest absolute Gasteiger partial charge is 0.444 e. The summed E-state index contributed by atoms with van der Waals surface area (Å²) in [5.41, 5.74) is 4.15. The minimum atomic E-state index is -0.782. The molecule has 12 nitrogen and oxygen atoms in total. The Morgan fingerprint density at radius 3 is 2.54 bits per heavy atom. The first kappa shape index (κ1) is 37.0. The van der Waals surface area contributed by atoms with Crippen LogP contribution in [0.5, 0.6) is 0 Å². The molecule has 0 aliphatic carbocycles. The number of amides is 4. The molecule has 1 saturated heterocycles. The Bertz CT molecular complexity index is 1440. The van der Waals surface area contributed by atoms with Crippen LogP contribution in [0.2, 0.25) is 0 Å². The summed E-state index contributed by atoms with van der Waals surface area (Å²) in [7, 11) is 1.70. The first-order chi connectivity index (χ1) is 23.2. The predicted molar refractivity (Wildman–Crippen MR) is 189 cm³/mol. The molecule has 2 aromatic heterocycles. The second kappa shape index (κ2) is 19.2. The highest BCUT2D eigenvalue weighted by Gasteiger charge is 2.27. The van der Waals surface area contributed by atoms with E-state index < -0.39 is 18.2 Å². The maximum atomic E-state index is 14.0. The van der Waals surface area contributed by atoms with Crippen molar-refractivity contribution in [3.05, 3.63) is 75.1 Å². The summed E-state index contributed by atoms with van der Waals surface area (Å²) in [4.78, 5) is 52.9. The van der Waals surface area contributed by atoms with E-state index in [1.54, 1.807) is 35.0 Å². The number of hydrogen-bond donors (Lipinski definition) is 3. The van der Waals surface area contributed by atoms with Crippen molar-refractivity contribution in [2.75, 3.05) is 46.4 Å². The number of hydrogen-bond acceptors (Lipinski definition) is 10. The van der Waals surface area contributed by atoms with Crippen LogP contribution >= 0.6 is 22.7 Å². The summed E-state index contributed by atoms with van der Waals surface area (Å²) in [6.45, 7) is 12.8. The van der Waals surface area contributed by atoms with Crippen LogP contribution in [0.25, 0.3) is 5.57 Å². The van der Waals surface area contributed by atoms with Gasteiger partial charge in [0.15, 0.2) is 0 Å². The number of ether oxygens (including phenoxy) is 2. The molecule has 260 valence electrons. The molecule has 4 amide bonds. The molecule has 0 radical (unpaired) electrons. The van der Waals surface area contributed by atoms with Crippen LogP contribution < -0.4 is 16.0 Å². The van der Waals surface area contributed by atoms with E-state index in [9.17, 15) is 14.4 Å². The molecule has 1 aromatic carbocycles. The molecule has 48 heavy (non-hydrogen) atoms. The molecule has 3 N–H and O–H groups in total. The molecular formula is C34H47N7O5S2. The molecular weight excluding hydrogens is 651 g/mol. The maximum Gasteiger partial charge on any atom is 0.407 e. The Hall–Kier alpha value is -3.85. The lowest BCUT2D eigenvalue weighted by Gasteiger charge is -2.30. The van der Waals surface area contributed by atoms with Crippen LogP contribution in [0.1, 0.15) is 60.2 Å². The number of alkyl carbamates (subject to hydrolysis) is 1. The predicted octanol–water partition coefficient (Wildman–Crippen LogP) is 4.86. The fourth-order valence-electron chi connectivity index (χ4n) is 5.10. The molecule has 1 fully saturated rings. The summed E-state index contributed by atoms with van der Waals surface area (Å²) >= 11 is 3.00. The van der Waals surface area contributed by atoms with Gasteiger partial charge in [-0.15, -0.1) is 22.7 Å². The van der Waals surface area contributed by atoms with E-state index in [4.69, 9.17) is 9.47 Å². The van der Waals surface area contributed by atoms with E-state index in [-0.39, 0.29) is 18.5 Å². The number of benzene rings is 1. The van der Waals surface area contributed by atoms with E-state index in [0.717, 1.165) is 39.8 Å². The van der Waals surface area contributed by atoms with Crippen molar-refractivity contribution >= 4 is 46.3 Å². The van der Waals surface area contributed by atoms with Crippen molar-refractivity contribution in [1.29, 1.82) is 0 Å². The third kappa shape index (κ3) is 12.0. The highest BCUT2D eigenvalue weighted by Crippen LogP contribution is 2.21. The molecule has 0 unspecified atom stereocenters. The molecule has 0 saturated carbocycles. The Labute approximate surface area is 290 Å². The molecule has 14 heteroatoms. The summed E-state index contributed by atoms with van der Waals surface area (Å²) in [5, 5.41) is 11.9. The number of aromatic nitrogens is 2. The first-order valence-corrected chi connectivity index (χ1v) is 18.0. The summed E-state index contributed by atoms with van der Waals surface area (Å²) < 4.78 is 10.7. The molecule has 2 atom stereocenters. The Balaban J connectivity index is 1.39. The van der Waals surface area contributed by atoms with Gasteiger partial charge in [-0.25, -0.2) is 14.6 Å². The zero-order valence-corrected chi connectivity index (χ0v) is 29.6. The number of carbonyl (C=O) groups excluding carboxylic acids is 3. The van der Waals surface area contributed by atoms with Gasteiger partial charge in [-0.05, 0) is 30.4 Å². The van der Waals surface area contributed by atoms with Gasteiger partial charge < -0.3 is 30.3 Å². The molecule has 0 bridgehead atoms. The lowest BCUT2D eigenvalue weighted by atomic mass is 9.96. The molecule has 1 aliphatic heterocycles. The summed E-state index contributed by atoms with van der Waals surface area (Å²) in [6.07, 6.45) is 2.65. The third-order valence-corrected chi connectivity index (χ3v) is 9.86. The second-order valence-corrected chi connectivity index (χ2v) is 13.9. The first-order valence-electron chi connectivity index (χ1n) is 16.3. The topological polar surface area (TPSA) is 138 Å². The van der Waals surface area contributed by atoms with Crippen LogP contribution in [-0.4, -0.2) is 96.3 Å². The SMILES string of the molecule is C=C(c1ccccc1)[C@@H](CCCNC(=O)OCc1cncs1)NC(=O)[C@H](CCN1CCOCC1)NC(=O)N(C)Cc1csc(C(C)C)n1. The van der Waals surface area contributed by atoms with Crippen LogP contribution in [0.4, 0.5) is 9.59 Å². The zero-order valence-electron chi connectivity index (χ0n) is 28.0. The number of nitrogens with one attached hydrogen (secondary N) is 3. The number of urea groups is 1. The van der Waals surface area contributed by atoms with E-state index in [1.165, 1.54) is 11.3 Å². The Morgan fingerprint density at radius 2 is 1.85 bits per heavy atom. The number of thiazole rings is 2. The third-order valence-electron chi connectivity index (χ3n) is 7.91. The van der Waals surface area contributed by atoms with Gasteiger partial charge in [0.05, 0.1) is 46.9 Å². The second-order valence-electron chi connectivity index (χ2n) is 12.0. The normalized spacial score (nSPS) is 14.6. The minimum absolute atomic E-state index is 0.162. The quantitative estimate of drug-likeness (QED) is 0.170. The van der Waals surface area contributed by atoms with Gasteiger partial charge in [-0.2, -0.15) is 0 Å². The van der Waals surface area contributed by atoms with Crippen LogP contribution in [-0.2, 0) is 27.4 Å². The highest BCUT2D eigenvalue weighted by atomic mass is 32.1. The summed E-state index contributed by atoms with van der Waals surface area (Å²) in [5.74, 6) is 0.0216. The number of carbonyl (C=O) groups is 3. The smallest absolute Gasteiger partial charge is 0.407 e. The van der Waals surface area contributed by atoms with Gasteiger partial charge in [0, 0.05) is 50.7 Å². The number of rotatable bonds is 17. The van der Waals surface area contributed by atoms with Gasteiger partial charge in [0.2, 0.25) is 5.91 Å². The molecule has 0 spiro atoms. The molecule has 3 aromatic rings. The minimum Gasteiger partial charge on any atom is -0.444 e. The lowest BCUT2D eigenvalue weighted by Crippen LogP contribution is -2.53. The van der Waals surface area contributed by atoms with Crippen molar-refractivity contribution in [1.82, 2.24) is 35.7 Å². The van der Waals surface area contributed by atoms with Crippen LogP contribution in [0.15, 0.2) is 54.0 Å². The monoisotopic (exact) mass is 697 g/mol. The van der Waals surface area contributed by atoms with Crippen molar-refractivity contribution in [2.45, 2.75) is 64.3 Å². The highest BCUT2D eigenvalue weighted by molar-refractivity contribution is 7.09. The van der Waals surface area contributed by atoms with Gasteiger partial charge in [0.25, 0.3) is 0 Å². The fraction of sp³-hybridized carbons (Fsp3) is 0.500. The van der Waals surface area contributed by atoms with E-state index in [1.807, 2.05) is 35.7 Å². The zero-order chi connectivity index (χ0) is 34.3. The van der Waals surface area contributed by atoms with Gasteiger partial charge in [0.1, 0.15) is 12.6 Å². The van der Waals surface area contributed by atoms with Gasteiger partial charge >= 0.3 is 12.1 Å². The van der Waals surface area contributed by atoms with Crippen LogP contribution in [0.3, 0.4) is 0 Å². The standard InChI is InChI=1S/C34H47N7O5S2/c1-24(2)32-37-27(22-47-32)20-40(4)33(43)39-30(12-14-41-15-17-45-18-16-41)31(42)38-29(25(3)26-9-6-5-7-10-26)11-8-13-36-34(44)46-21-28-19-35-23-48-28/h5-7,9-10,19,22-24,29-30H,3,8,11-18,20-21H2,1-2,4H3,(H,36,44)(H,38,42)(H,39,43)/t29-,30+/m1/s1. The van der Waals surface area contributed by atoms with Crippen molar-refractivity contribution < 1.29 is 23.9 Å². The van der Waals surface area contributed by atoms with Gasteiger partial charge in [-0.1, -0.05) is 50.8 Å². The number of morpholine rings is 1. The van der Waals surface area contributed by atoms with Crippen molar-refractivity contribution in [3.8, 4) is 0 Å². The Kier molecular flexibility index (Phi) is 14.8. The Morgan fingerprint density at radius 1 is 1.08 bits per heavy atom. The average Bonchev–Trinajstić information content (AvgIpc) is 3.80. The lowest BCUT2D eigenvalue weighted by molar-refractivity contribution is -0.123. The molecule has 4 rings (SSSR count). The van der Waals surface area contributed by atoms with E-state index in [2.05, 4.69) is 51.2 Å². The van der Waals surface area contributed by atoms with Crippen molar-refractivity contribution in [3.63, 3.8) is 0 Å². The molecule has 3 heterocycles. The van der Waals surface area contributed by atoms with Gasteiger partial charge in [-0.3, -0.25) is 14.7 Å². The number of nitrogens with zero attached hydrogens (tertiary/aromatic N) is 4. The van der Waals surface area contributed by atoms with Crippen molar-refractivity contribution in [2.24, 2.45) is 0 Å². The summed E-state index contributed by atoms with van der Waals surface area (Å²) in [6, 6.07) is 8.11. The van der Waals surface area contributed by atoms with E-state index >= 15 is 0 Å². The van der Waals surface area contributed by atoms with E-state index in [0.29, 0.717) is 58.0 Å².